The molecule has 1 saturated heterocycles. The number of rotatable bonds is 12. The monoisotopic (exact) mass is 536 g/mol. The van der Waals surface area contributed by atoms with Gasteiger partial charge >= 0.3 is 0 Å². The van der Waals surface area contributed by atoms with Crippen molar-refractivity contribution in [3.63, 3.8) is 0 Å². The molecule has 39 heavy (non-hydrogen) atoms. The summed E-state index contributed by atoms with van der Waals surface area (Å²) in [4.78, 5) is 30.7. The van der Waals surface area contributed by atoms with E-state index in [1.54, 1.807) is 11.0 Å². The van der Waals surface area contributed by atoms with Crippen LogP contribution in [0.1, 0.15) is 63.8 Å². The van der Waals surface area contributed by atoms with E-state index in [1.807, 2.05) is 51.1 Å². The SMILES string of the molecule is CCCOc1ccc([C@H]2/C(=C(\O)c3ccc4c(c3)C[C@@H](C)O4)C(=O)C(=O)N2CCN(CC)CC)cc1OCC. The van der Waals surface area contributed by atoms with Crippen molar-refractivity contribution in [2.75, 3.05) is 39.4 Å². The summed E-state index contributed by atoms with van der Waals surface area (Å²) in [5, 5.41) is 11.5. The van der Waals surface area contributed by atoms with Crippen LogP contribution in [-0.2, 0) is 16.0 Å². The Morgan fingerprint density at radius 1 is 1.05 bits per heavy atom. The number of ketones is 1. The first-order chi connectivity index (χ1) is 18.8. The zero-order chi connectivity index (χ0) is 28.1. The number of likely N-dealkylation sites (tertiary alicyclic amines) is 1. The van der Waals surface area contributed by atoms with Crippen molar-refractivity contribution in [2.24, 2.45) is 0 Å². The van der Waals surface area contributed by atoms with E-state index in [2.05, 4.69) is 18.7 Å². The summed E-state index contributed by atoms with van der Waals surface area (Å²) in [6.45, 7) is 13.7. The van der Waals surface area contributed by atoms with Gasteiger partial charge in [0, 0.05) is 25.1 Å². The van der Waals surface area contributed by atoms with Crippen LogP contribution in [0.2, 0.25) is 0 Å². The number of likely N-dealkylation sites (N-methyl/N-ethyl adjacent to an activating group) is 1. The number of hydrogen-bond donors (Lipinski definition) is 1. The smallest absolute Gasteiger partial charge is 0.295 e. The van der Waals surface area contributed by atoms with E-state index in [1.165, 1.54) is 0 Å². The lowest BCUT2D eigenvalue weighted by atomic mass is 9.94. The van der Waals surface area contributed by atoms with Crippen LogP contribution >= 0.6 is 0 Å². The molecule has 1 amide bonds. The van der Waals surface area contributed by atoms with E-state index in [0.717, 1.165) is 37.2 Å². The molecular formula is C31H40N2O6. The molecule has 2 aromatic rings. The molecule has 0 bridgehead atoms. The van der Waals surface area contributed by atoms with E-state index in [4.69, 9.17) is 14.2 Å². The lowest BCUT2D eigenvalue weighted by molar-refractivity contribution is -0.140. The molecule has 0 radical (unpaired) electrons. The summed E-state index contributed by atoms with van der Waals surface area (Å²) in [7, 11) is 0. The van der Waals surface area contributed by atoms with Crippen LogP contribution in [0.25, 0.3) is 5.76 Å². The van der Waals surface area contributed by atoms with Gasteiger partial charge in [-0.15, -0.1) is 0 Å². The highest BCUT2D eigenvalue weighted by Crippen LogP contribution is 2.42. The second-order valence-electron chi connectivity index (χ2n) is 9.96. The molecule has 0 aliphatic carbocycles. The van der Waals surface area contributed by atoms with Crippen LogP contribution < -0.4 is 14.2 Å². The zero-order valence-corrected chi connectivity index (χ0v) is 23.7. The largest absolute Gasteiger partial charge is 0.507 e. The van der Waals surface area contributed by atoms with Gasteiger partial charge in [0.1, 0.15) is 17.6 Å². The molecule has 2 atom stereocenters. The van der Waals surface area contributed by atoms with Crippen molar-refractivity contribution in [1.29, 1.82) is 0 Å². The maximum atomic E-state index is 13.5. The third kappa shape index (κ3) is 5.91. The Bertz CT molecular complexity index is 1240. The van der Waals surface area contributed by atoms with Crippen molar-refractivity contribution in [3.8, 4) is 17.2 Å². The second-order valence-corrected chi connectivity index (χ2v) is 9.96. The first kappa shape index (κ1) is 28.5. The molecule has 210 valence electrons. The van der Waals surface area contributed by atoms with Crippen LogP contribution in [-0.4, -0.2) is 72.1 Å². The molecule has 2 heterocycles. The number of Topliss-reactive ketones (excluding diaryl/α,β-unsaturated/α-hetero) is 1. The fourth-order valence-corrected chi connectivity index (χ4v) is 5.27. The molecule has 2 aliphatic rings. The van der Waals surface area contributed by atoms with E-state index in [0.29, 0.717) is 48.9 Å². The minimum Gasteiger partial charge on any atom is -0.507 e. The Kier molecular flexibility index (Phi) is 9.17. The molecular weight excluding hydrogens is 496 g/mol. The van der Waals surface area contributed by atoms with Crippen LogP contribution in [0.5, 0.6) is 17.2 Å². The maximum Gasteiger partial charge on any atom is 0.295 e. The minimum atomic E-state index is -0.761. The number of fused-ring (bicyclic) bond motifs is 1. The highest BCUT2D eigenvalue weighted by molar-refractivity contribution is 6.46. The topological polar surface area (TPSA) is 88.5 Å². The van der Waals surface area contributed by atoms with Gasteiger partial charge in [-0.2, -0.15) is 0 Å². The standard InChI is InChI=1S/C31H40N2O6/c1-6-16-38-25-13-10-21(19-26(25)37-9-4)28-27(30(35)31(36)33(28)15-14-32(7-2)8-3)29(34)22-11-12-24-23(18-22)17-20(5)39-24/h10-13,18-20,28,34H,6-9,14-17H2,1-5H3/b29-27+/t20-,28+/m1/s1. The van der Waals surface area contributed by atoms with Crippen LogP contribution in [0.3, 0.4) is 0 Å². The quantitative estimate of drug-likeness (QED) is 0.233. The summed E-state index contributed by atoms with van der Waals surface area (Å²) in [6, 6.07) is 10.1. The lowest BCUT2D eigenvalue weighted by Crippen LogP contribution is -2.38. The van der Waals surface area contributed by atoms with Gasteiger partial charge in [0.25, 0.3) is 11.7 Å². The number of benzene rings is 2. The highest BCUT2D eigenvalue weighted by Gasteiger charge is 2.46. The number of carbonyl (C=O) groups is 2. The molecule has 2 aliphatic heterocycles. The Morgan fingerprint density at radius 3 is 2.51 bits per heavy atom. The summed E-state index contributed by atoms with van der Waals surface area (Å²) >= 11 is 0. The normalized spacial score (nSPS) is 19.9. The van der Waals surface area contributed by atoms with Crippen molar-refractivity contribution in [1.82, 2.24) is 9.80 Å². The van der Waals surface area contributed by atoms with Crippen molar-refractivity contribution >= 4 is 17.4 Å². The molecule has 8 nitrogen and oxygen atoms in total. The molecule has 4 rings (SSSR count). The summed E-state index contributed by atoms with van der Waals surface area (Å²) in [6.07, 6.45) is 1.62. The number of ether oxygens (including phenoxy) is 3. The van der Waals surface area contributed by atoms with Gasteiger partial charge in [-0.05, 0) is 74.8 Å². The molecule has 0 spiro atoms. The summed E-state index contributed by atoms with van der Waals surface area (Å²) in [5.41, 5.74) is 2.22. The number of amides is 1. The Labute approximate surface area is 231 Å². The number of aliphatic hydroxyl groups is 1. The van der Waals surface area contributed by atoms with Crippen LogP contribution in [0.4, 0.5) is 0 Å². The average Bonchev–Trinajstić information content (AvgIpc) is 3.43. The van der Waals surface area contributed by atoms with E-state index in [9.17, 15) is 14.7 Å². The summed E-state index contributed by atoms with van der Waals surface area (Å²) < 4.78 is 17.6. The average molecular weight is 537 g/mol. The molecule has 0 unspecified atom stereocenters. The molecule has 2 aromatic carbocycles. The number of aliphatic hydroxyl groups excluding tert-OH is 1. The predicted octanol–water partition coefficient (Wildman–Crippen LogP) is 4.96. The third-order valence-electron chi connectivity index (χ3n) is 7.31. The molecule has 1 N–H and O–H groups in total. The first-order valence-corrected chi connectivity index (χ1v) is 14.0. The van der Waals surface area contributed by atoms with Crippen LogP contribution in [0, 0.1) is 0 Å². The first-order valence-electron chi connectivity index (χ1n) is 14.0. The zero-order valence-electron chi connectivity index (χ0n) is 23.7. The van der Waals surface area contributed by atoms with Gasteiger partial charge in [-0.25, -0.2) is 0 Å². The van der Waals surface area contributed by atoms with Gasteiger partial charge in [-0.3, -0.25) is 9.59 Å². The molecule has 8 heteroatoms. The predicted molar refractivity (Wildman–Crippen MR) is 150 cm³/mol. The fourth-order valence-electron chi connectivity index (χ4n) is 5.27. The Balaban J connectivity index is 1.81. The van der Waals surface area contributed by atoms with Gasteiger partial charge < -0.3 is 29.1 Å². The fraction of sp³-hybridized carbons (Fsp3) is 0.484. The molecule has 0 aromatic heterocycles. The van der Waals surface area contributed by atoms with Crippen molar-refractivity contribution < 1.29 is 28.9 Å². The van der Waals surface area contributed by atoms with Crippen molar-refractivity contribution in [2.45, 2.75) is 59.6 Å². The van der Waals surface area contributed by atoms with Gasteiger partial charge in [0.05, 0.1) is 24.8 Å². The van der Waals surface area contributed by atoms with E-state index in [-0.39, 0.29) is 17.4 Å². The van der Waals surface area contributed by atoms with Gasteiger partial charge in [-0.1, -0.05) is 26.8 Å². The number of hydrogen-bond acceptors (Lipinski definition) is 7. The van der Waals surface area contributed by atoms with Crippen molar-refractivity contribution in [3.05, 3.63) is 58.7 Å². The Morgan fingerprint density at radius 2 is 1.82 bits per heavy atom. The minimum absolute atomic E-state index is 0.0495. The summed E-state index contributed by atoms with van der Waals surface area (Å²) in [5.74, 6) is 0.439. The maximum absolute atomic E-state index is 13.5. The molecule has 0 saturated carbocycles. The highest BCUT2D eigenvalue weighted by atomic mass is 16.5. The van der Waals surface area contributed by atoms with Gasteiger partial charge in [0.2, 0.25) is 0 Å². The van der Waals surface area contributed by atoms with E-state index < -0.39 is 17.7 Å². The second kappa shape index (κ2) is 12.6. The lowest BCUT2D eigenvalue weighted by Gasteiger charge is -2.28. The van der Waals surface area contributed by atoms with Crippen LogP contribution in [0.15, 0.2) is 42.0 Å². The number of nitrogens with zero attached hydrogens (tertiary/aromatic N) is 2. The van der Waals surface area contributed by atoms with Gasteiger partial charge in [0.15, 0.2) is 11.5 Å². The molecule has 1 fully saturated rings. The van der Waals surface area contributed by atoms with E-state index >= 15 is 0 Å². The Hall–Kier alpha value is -3.52. The number of carbonyl (C=O) groups excluding carboxylic acids is 2. The third-order valence-corrected chi connectivity index (χ3v) is 7.31.